The fourth-order valence-corrected chi connectivity index (χ4v) is 1.68. The molecule has 0 spiro atoms. The van der Waals surface area contributed by atoms with E-state index in [0.717, 1.165) is 39.1 Å². The van der Waals surface area contributed by atoms with E-state index in [0.29, 0.717) is 5.92 Å². The molecule has 0 amide bonds. The van der Waals surface area contributed by atoms with Crippen molar-refractivity contribution in [2.45, 2.75) is 25.4 Å². The van der Waals surface area contributed by atoms with E-state index in [-0.39, 0.29) is 6.10 Å². The molecule has 2 aliphatic rings. The largest absolute Gasteiger partial charge is 0.381 e. The maximum atomic E-state index is 5.57. The molecule has 2 saturated heterocycles. The smallest absolute Gasteiger partial charge is 0.0695 e. The van der Waals surface area contributed by atoms with Crippen LogP contribution in [-0.2, 0) is 9.47 Å². The Bertz CT molecular complexity index is 113. The summed E-state index contributed by atoms with van der Waals surface area (Å²) in [6.45, 7) is 2.69. The molecule has 2 fully saturated rings. The lowest BCUT2D eigenvalue weighted by Crippen LogP contribution is -2.28. The van der Waals surface area contributed by atoms with Crippen molar-refractivity contribution in [1.29, 1.82) is 0 Å². The molecule has 0 aromatic carbocycles. The van der Waals surface area contributed by atoms with E-state index < -0.39 is 0 Å². The predicted octanol–water partition coefficient (Wildman–Crippen LogP) is 1.28. The van der Waals surface area contributed by atoms with Crippen molar-refractivity contribution < 1.29 is 9.47 Å². The number of hydrogen-bond acceptors (Lipinski definition) is 2. The van der Waals surface area contributed by atoms with Crippen LogP contribution in [0.4, 0.5) is 0 Å². The van der Waals surface area contributed by atoms with Crippen LogP contribution in [0.5, 0.6) is 0 Å². The Morgan fingerprint density at radius 2 is 2.27 bits per heavy atom. The van der Waals surface area contributed by atoms with Gasteiger partial charge in [-0.15, -0.1) is 0 Å². The molecule has 0 aromatic heterocycles. The Hall–Kier alpha value is -0.0800. The molecule has 2 unspecified atom stereocenters. The first-order chi connectivity index (χ1) is 5.47. The average Bonchev–Trinajstić information content (AvgIpc) is 2.58. The van der Waals surface area contributed by atoms with Gasteiger partial charge < -0.3 is 9.47 Å². The molecule has 0 N–H and O–H groups in total. The fraction of sp³-hybridized carbons (Fsp3) is 0.889. The lowest BCUT2D eigenvalue weighted by atomic mass is 9.95. The molecule has 2 rings (SSSR count). The Morgan fingerprint density at radius 3 is 2.91 bits per heavy atom. The van der Waals surface area contributed by atoms with Crippen molar-refractivity contribution >= 4 is 0 Å². The Balaban J connectivity index is 1.82. The van der Waals surface area contributed by atoms with Crippen LogP contribution >= 0.6 is 0 Å². The van der Waals surface area contributed by atoms with Gasteiger partial charge in [0.2, 0.25) is 0 Å². The van der Waals surface area contributed by atoms with Gasteiger partial charge in [-0.1, -0.05) is 0 Å². The third kappa shape index (κ3) is 1.74. The summed E-state index contributed by atoms with van der Waals surface area (Å²) in [5, 5.41) is 0. The van der Waals surface area contributed by atoms with Crippen LogP contribution in [0.15, 0.2) is 0 Å². The molecule has 0 aliphatic carbocycles. The van der Waals surface area contributed by atoms with E-state index in [9.17, 15) is 0 Å². The second-order valence-electron chi connectivity index (χ2n) is 3.22. The molecule has 2 nitrogen and oxygen atoms in total. The van der Waals surface area contributed by atoms with Crippen molar-refractivity contribution in [3.05, 3.63) is 6.42 Å². The van der Waals surface area contributed by atoms with Crippen LogP contribution < -0.4 is 0 Å². The summed E-state index contributed by atoms with van der Waals surface area (Å²) in [6, 6.07) is 0. The zero-order chi connectivity index (χ0) is 7.52. The summed E-state index contributed by atoms with van der Waals surface area (Å²) in [5.74, 6) is 0.593. The molecular weight excluding hydrogens is 140 g/mol. The van der Waals surface area contributed by atoms with E-state index in [1.807, 2.05) is 0 Å². The quantitative estimate of drug-likeness (QED) is 0.566. The third-order valence-corrected chi connectivity index (χ3v) is 2.36. The highest BCUT2D eigenvalue weighted by molar-refractivity contribution is 4.87. The van der Waals surface area contributed by atoms with E-state index in [1.165, 1.54) is 0 Å². The number of rotatable bonds is 1. The molecule has 2 atom stereocenters. The van der Waals surface area contributed by atoms with E-state index >= 15 is 0 Å². The van der Waals surface area contributed by atoms with Gasteiger partial charge in [0.1, 0.15) is 0 Å². The summed E-state index contributed by atoms with van der Waals surface area (Å²) in [7, 11) is 0. The molecule has 0 aromatic rings. The molecular formula is C9H14O2. The van der Waals surface area contributed by atoms with Gasteiger partial charge in [-0.25, -0.2) is 0 Å². The minimum absolute atomic E-state index is 0.270. The van der Waals surface area contributed by atoms with Gasteiger partial charge in [-0.2, -0.15) is 0 Å². The third-order valence-electron chi connectivity index (χ3n) is 2.36. The molecule has 11 heavy (non-hydrogen) atoms. The monoisotopic (exact) mass is 154 g/mol. The first kappa shape index (κ1) is 7.56. The maximum absolute atomic E-state index is 5.57. The van der Waals surface area contributed by atoms with Crippen molar-refractivity contribution in [2.75, 3.05) is 19.8 Å². The summed E-state index contributed by atoms with van der Waals surface area (Å²) >= 11 is 0. The Morgan fingerprint density at radius 1 is 1.27 bits per heavy atom. The fourth-order valence-electron chi connectivity index (χ4n) is 1.68. The van der Waals surface area contributed by atoms with Gasteiger partial charge >= 0.3 is 0 Å². The normalized spacial score (nSPS) is 39.3. The molecule has 2 heteroatoms. The lowest BCUT2D eigenvalue weighted by molar-refractivity contribution is 0.00828. The second kappa shape index (κ2) is 3.55. The van der Waals surface area contributed by atoms with Crippen LogP contribution in [0.3, 0.4) is 0 Å². The molecule has 2 aliphatic heterocycles. The predicted molar refractivity (Wildman–Crippen MR) is 41.1 cm³/mol. The van der Waals surface area contributed by atoms with Crippen molar-refractivity contribution in [3.8, 4) is 0 Å². The van der Waals surface area contributed by atoms with E-state index in [4.69, 9.17) is 9.47 Å². The Labute approximate surface area is 67.9 Å². The van der Waals surface area contributed by atoms with Gasteiger partial charge in [-0.05, 0) is 19.3 Å². The van der Waals surface area contributed by atoms with Crippen LogP contribution in [0.25, 0.3) is 0 Å². The maximum Gasteiger partial charge on any atom is 0.0695 e. The second-order valence-corrected chi connectivity index (χ2v) is 3.22. The van der Waals surface area contributed by atoms with Crippen molar-refractivity contribution in [1.82, 2.24) is 0 Å². The van der Waals surface area contributed by atoms with Crippen LogP contribution in [-0.4, -0.2) is 25.9 Å². The molecule has 0 saturated carbocycles. The highest BCUT2D eigenvalue weighted by Crippen LogP contribution is 2.25. The molecule has 0 bridgehead atoms. The molecule has 2 radical (unpaired) electrons. The minimum Gasteiger partial charge on any atom is -0.381 e. The average molecular weight is 154 g/mol. The number of ether oxygens (including phenoxy) is 2. The number of hydrogen-bond donors (Lipinski definition) is 0. The van der Waals surface area contributed by atoms with Crippen molar-refractivity contribution in [3.63, 3.8) is 0 Å². The molecule has 62 valence electrons. The summed E-state index contributed by atoms with van der Waals surface area (Å²) < 4.78 is 10.9. The first-order valence-electron chi connectivity index (χ1n) is 4.39. The standard InChI is InChI=1S/C9H14O2/c1-2-5-11-9(3-1)8-4-6-10-7-8/h8-9H,1-2,4-7H2. The summed E-state index contributed by atoms with van der Waals surface area (Å²) in [5.41, 5.74) is 0. The lowest BCUT2D eigenvalue weighted by Gasteiger charge is -2.25. The zero-order valence-corrected chi connectivity index (χ0v) is 6.71. The summed E-state index contributed by atoms with van der Waals surface area (Å²) in [6.07, 6.45) is 7.02. The highest BCUT2D eigenvalue weighted by atomic mass is 16.5. The van der Waals surface area contributed by atoms with Gasteiger partial charge in [0.05, 0.1) is 12.7 Å². The van der Waals surface area contributed by atoms with Gasteiger partial charge in [0.15, 0.2) is 0 Å². The molecule has 2 heterocycles. The minimum atomic E-state index is 0.270. The van der Waals surface area contributed by atoms with Crippen LogP contribution in [0.2, 0.25) is 0 Å². The van der Waals surface area contributed by atoms with E-state index in [1.54, 1.807) is 0 Å². The SMILES string of the molecule is [C]1CCCOC1C1CCOC1. The van der Waals surface area contributed by atoms with Gasteiger partial charge in [0, 0.05) is 25.6 Å². The van der Waals surface area contributed by atoms with E-state index in [2.05, 4.69) is 6.42 Å². The Kier molecular flexibility index (Phi) is 2.44. The van der Waals surface area contributed by atoms with Crippen molar-refractivity contribution in [2.24, 2.45) is 5.92 Å². The topological polar surface area (TPSA) is 18.5 Å². The zero-order valence-electron chi connectivity index (χ0n) is 6.71. The highest BCUT2D eigenvalue weighted by Gasteiger charge is 2.28. The summed E-state index contributed by atoms with van der Waals surface area (Å²) in [4.78, 5) is 0. The van der Waals surface area contributed by atoms with Crippen LogP contribution in [0.1, 0.15) is 19.3 Å². The van der Waals surface area contributed by atoms with Crippen LogP contribution in [0, 0.1) is 12.3 Å². The van der Waals surface area contributed by atoms with Gasteiger partial charge in [0.25, 0.3) is 0 Å². The first-order valence-corrected chi connectivity index (χ1v) is 4.39. The van der Waals surface area contributed by atoms with Gasteiger partial charge in [-0.3, -0.25) is 0 Å².